The van der Waals surface area contributed by atoms with Crippen LogP contribution in [0.15, 0.2) is 40.4 Å². The Morgan fingerprint density at radius 1 is 1.29 bits per heavy atom. The van der Waals surface area contributed by atoms with Crippen LogP contribution in [0.1, 0.15) is 17.5 Å². The molecule has 6 heteroatoms. The molecule has 0 saturated heterocycles. The molecule has 2 aromatic heterocycles. The Kier molecular flexibility index (Phi) is 4.32. The topological polar surface area (TPSA) is 51.2 Å². The van der Waals surface area contributed by atoms with Gasteiger partial charge in [0.15, 0.2) is 5.13 Å². The molecule has 0 atom stereocenters. The third kappa shape index (κ3) is 3.34. The van der Waals surface area contributed by atoms with Gasteiger partial charge in [-0.25, -0.2) is 4.98 Å². The Morgan fingerprint density at radius 3 is 3.12 bits per heavy atom. The van der Waals surface area contributed by atoms with E-state index >= 15 is 0 Å². The van der Waals surface area contributed by atoms with Gasteiger partial charge in [-0.2, -0.15) is 11.3 Å². The van der Waals surface area contributed by atoms with Crippen molar-refractivity contribution in [2.24, 2.45) is 0 Å². The number of aryl methyl sites for hydroxylation is 1. The SMILES string of the molecule is O=C(CCc1ccsc1)Nc1nc(-c2ccc3c(c2)CCO3)cs1. The number of hydrogen-bond donors (Lipinski definition) is 1. The van der Waals surface area contributed by atoms with Gasteiger partial charge in [-0.1, -0.05) is 0 Å². The number of nitrogens with one attached hydrogen (secondary N) is 1. The third-order valence-corrected chi connectivity index (χ3v) is 5.45. The number of aromatic nitrogens is 1. The molecule has 4 rings (SSSR count). The lowest BCUT2D eigenvalue weighted by molar-refractivity contribution is -0.116. The van der Waals surface area contributed by atoms with Crippen LogP contribution < -0.4 is 10.1 Å². The van der Waals surface area contributed by atoms with E-state index in [1.54, 1.807) is 11.3 Å². The van der Waals surface area contributed by atoms with Crippen LogP contribution in [0.2, 0.25) is 0 Å². The van der Waals surface area contributed by atoms with Gasteiger partial charge >= 0.3 is 0 Å². The lowest BCUT2D eigenvalue weighted by Crippen LogP contribution is -2.11. The molecule has 0 spiro atoms. The van der Waals surface area contributed by atoms with Crippen molar-refractivity contribution in [2.75, 3.05) is 11.9 Å². The molecule has 0 radical (unpaired) electrons. The second kappa shape index (κ2) is 6.75. The zero-order valence-electron chi connectivity index (χ0n) is 13.0. The maximum absolute atomic E-state index is 12.0. The van der Waals surface area contributed by atoms with Crippen LogP contribution in [-0.2, 0) is 17.6 Å². The van der Waals surface area contributed by atoms with Crippen LogP contribution >= 0.6 is 22.7 Å². The van der Waals surface area contributed by atoms with E-state index in [1.807, 2.05) is 22.9 Å². The summed E-state index contributed by atoms with van der Waals surface area (Å²) in [5, 5.41) is 9.63. The van der Waals surface area contributed by atoms with Crippen molar-refractivity contribution in [1.82, 2.24) is 4.98 Å². The maximum Gasteiger partial charge on any atom is 0.226 e. The average molecular weight is 356 g/mol. The summed E-state index contributed by atoms with van der Waals surface area (Å²) in [7, 11) is 0. The number of carbonyl (C=O) groups is 1. The Bertz CT molecular complexity index is 856. The van der Waals surface area contributed by atoms with Gasteiger partial charge in [0.1, 0.15) is 5.75 Å². The van der Waals surface area contributed by atoms with E-state index in [2.05, 4.69) is 27.8 Å². The Labute approximate surface area is 148 Å². The van der Waals surface area contributed by atoms with Crippen molar-refractivity contribution >= 4 is 33.7 Å². The predicted octanol–water partition coefficient (Wildman–Crippen LogP) is 4.38. The first-order valence-corrected chi connectivity index (χ1v) is 9.63. The maximum atomic E-state index is 12.0. The third-order valence-electron chi connectivity index (χ3n) is 3.96. The smallest absolute Gasteiger partial charge is 0.226 e. The molecule has 0 saturated carbocycles. The second-order valence-electron chi connectivity index (χ2n) is 5.64. The van der Waals surface area contributed by atoms with E-state index in [4.69, 9.17) is 4.74 Å². The number of thiazole rings is 1. The number of carbonyl (C=O) groups excluding carboxylic acids is 1. The summed E-state index contributed by atoms with van der Waals surface area (Å²) in [6.45, 7) is 0.751. The number of anilines is 1. The fourth-order valence-corrected chi connectivity index (χ4v) is 4.12. The first-order chi connectivity index (χ1) is 11.8. The summed E-state index contributed by atoms with van der Waals surface area (Å²) >= 11 is 3.11. The molecule has 1 aliphatic rings. The van der Waals surface area contributed by atoms with Crippen LogP contribution in [0.25, 0.3) is 11.3 Å². The molecule has 1 amide bonds. The number of thiophene rings is 1. The molecule has 1 aliphatic heterocycles. The Morgan fingerprint density at radius 2 is 2.25 bits per heavy atom. The van der Waals surface area contributed by atoms with Crippen LogP contribution in [0.5, 0.6) is 5.75 Å². The number of amides is 1. The minimum Gasteiger partial charge on any atom is -0.493 e. The van der Waals surface area contributed by atoms with E-state index in [-0.39, 0.29) is 5.91 Å². The van der Waals surface area contributed by atoms with Crippen molar-refractivity contribution in [3.05, 3.63) is 51.5 Å². The summed E-state index contributed by atoms with van der Waals surface area (Å²) in [4.78, 5) is 16.6. The quantitative estimate of drug-likeness (QED) is 0.738. The van der Waals surface area contributed by atoms with Crippen molar-refractivity contribution in [3.63, 3.8) is 0 Å². The standard InChI is InChI=1S/C18H16N2O2S2/c21-17(4-1-12-6-8-23-10-12)20-18-19-15(11-24-18)13-2-3-16-14(9-13)5-7-22-16/h2-3,6,8-11H,1,4-5,7H2,(H,19,20,21). The van der Waals surface area contributed by atoms with Gasteiger partial charge in [0.25, 0.3) is 0 Å². The molecule has 0 unspecified atom stereocenters. The molecular formula is C18H16N2O2S2. The Balaban J connectivity index is 1.40. The number of nitrogens with zero attached hydrogens (tertiary/aromatic N) is 1. The summed E-state index contributed by atoms with van der Waals surface area (Å²) in [6.07, 6.45) is 2.18. The van der Waals surface area contributed by atoms with Gasteiger partial charge in [-0.05, 0) is 52.6 Å². The van der Waals surface area contributed by atoms with E-state index in [0.29, 0.717) is 11.6 Å². The van der Waals surface area contributed by atoms with Gasteiger partial charge in [0, 0.05) is 23.8 Å². The second-order valence-corrected chi connectivity index (χ2v) is 7.28. The zero-order chi connectivity index (χ0) is 16.4. The molecular weight excluding hydrogens is 340 g/mol. The minimum absolute atomic E-state index is 0.00412. The van der Waals surface area contributed by atoms with Gasteiger partial charge < -0.3 is 10.1 Å². The number of fused-ring (bicyclic) bond motifs is 1. The van der Waals surface area contributed by atoms with Crippen LogP contribution in [0.3, 0.4) is 0 Å². The van der Waals surface area contributed by atoms with Gasteiger partial charge in [0.05, 0.1) is 12.3 Å². The van der Waals surface area contributed by atoms with E-state index < -0.39 is 0 Å². The summed E-state index contributed by atoms with van der Waals surface area (Å²) in [5.41, 5.74) is 4.38. The number of ether oxygens (including phenoxy) is 1. The summed E-state index contributed by atoms with van der Waals surface area (Å²) < 4.78 is 5.53. The molecule has 0 bridgehead atoms. The fraction of sp³-hybridized carbons (Fsp3) is 0.222. The van der Waals surface area contributed by atoms with E-state index in [9.17, 15) is 4.79 Å². The average Bonchev–Trinajstić information content (AvgIpc) is 3.33. The highest BCUT2D eigenvalue weighted by Crippen LogP contribution is 2.31. The molecule has 122 valence electrons. The monoisotopic (exact) mass is 356 g/mol. The Hall–Kier alpha value is -2.18. The summed E-state index contributed by atoms with van der Waals surface area (Å²) in [6, 6.07) is 8.19. The first-order valence-electron chi connectivity index (χ1n) is 7.80. The van der Waals surface area contributed by atoms with Gasteiger partial charge in [-0.15, -0.1) is 11.3 Å². The fourth-order valence-electron chi connectivity index (χ4n) is 2.68. The zero-order valence-corrected chi connectivity index (χ0v) is 14.6. The van der Waals surface area contributed by atoms with E-state index in [0.717, 1.165) is 36.5 Å². The highest BCUT2D eigenvalue weighted by atomic mass is 32.1. The van der Waals surface area contributed by atoms with Crippen molar-refractivity contribution in [1.29, 1.82) is 0 Å². The molecule has 1 aromatic carbocycles. The summed E-state index contributed by atoms with van der Waals surface area (Å²) in [5.74, 6) is 0.973. The van der Waals surface area contributed by atoms with Crippen molar-refractivity contribution in [2.45, 2.75) is 19.3 Å². The highest BCUT2D eigenvalue weighted by molar-refractivity contribution is 7.14. The van der Waals surface area contributed by atoms with Gasteiger partial charge in [-0.3, -0.25) is 4.79 Å². The molecule has 3 heterocycles. The molecule has 0 fully saturated rings. The molecule has 0 aliphatic carbocycles. The van der Waals surface area contributed by atoms with Crippen LogP contribution in [0, 0.1) is 0 Å². The molecule has 24 heavy (non-hydrogen) atoms. The number of hydrogen-bond acceptors (Lipinski definition) is 5. The lowest BCUT2D eigenvalue weighted by Gasteiger charge is -2.02. The minimum atomic E-state index is 0.00412. The van der Waals surface area contributed by atoms with Crippen molar-refractivity contribution in [3.8, 4) is 17.0 Å². The molecule has 3 aromatic rings. The van der Waals surface area contributed by atoms with Crippen molar-refractivity contribution < 1.29 is 9.53 Å². The van der Waals surface area contributed by atoms with Crippen LogP contribution in [0.4, 0.5) is 5.13 Å². The lowest BCUT2D eigenvalue weighted by atomic mass is 10.1. The highest BCUT2D eigenvalue weighted by Gasteiger charge is 2.14. The predicted molar refractivity (Wildman–Crippen MR) is 98.0 cm³/mol. The van der Waals surface area contributed by atoms with Crippen LogP contribution in [-0.4, -0.2) is 17.5 Å². The number of benzene rings is 1. The van der Waals surface area contributed by atoms with Gasteiger partial charge in [0.2, 0.25) is 5.91 Å². The largest absolute Gasteiger partial charge is 0.493 e. The number of rotatable bonds is 5. The molecule has 4 nitrogen and oxygen atoms in total. The van der Waals surface area contributed by atoms with E-state index in [1.165, 1.54) is 22.5 Å². The molecule has 1 N–H and O–H groups in total. The normalized spacial score (nSPS) is 12.7. The first kappa shape index (κ1) is 15.4.